The van der Waals surface area contributed by atoms with Crippen LogP contribution in [0.4, 0.5) is 5.69 Å². The molecule has 0 fully saturated rings. The molecule has 35 heavy (non-hydrogen) atoms. The van der Waals surface area contributed by atoms with Crippen LogP contribution in [0.2, 0.25) is 5.02 Å². The van der Waals surface area contributed by atoms with Gasteiger partial charge in [-0.05, 0) is 67.4 Å². The predicted octanol–water partition coefficient (Wildman–Crippen LogP) is 5.14. The fourth-order valence-corrected chi connectivity index (χ4v) is 3.03. The Kier molecular flexibility index (Phi) is 9.02. The fourth-order valence-electron chi connectivity index (χ4n) is 2.90. The van der Waals surface area contributed by atoms with E-state index in [2.05, 4.69) is 10.5 Å². The number of nitrogens with one attached hydrogen (secondary N) is 1. The van der Waals surface area contributed by atoms with E-state index in [9.17, 15) is 14.9 Å². The smallest absolute Gasteiger partial charge is 0.280 e. The molecule has 0 aliphatic heterocycles. The number of hydrazone groups is 1. The number of carbonyl (C=O) groups excluding carboxylic acids is 1. The molecule has 1 atom stereocenters. The molecule has 1 N–H and O–H groups in total. The molecular weight excluding hydrogens is 474 g/mol. The van der Waals surface area contributed by atoms with Gasteiger partial charge >= 0.3 is 0 Å². The monoisotopic (exact) mass is 497 g/mol. The third kappa shape index (κ3) is 7.72. The molecule has 0 heterocycles. The van der Waals surface area contributed by atoms with Gasteiger partial charge in [0.05, 0.1) is 17.7 Å². The minimum Gasteiger partial charge on any atom is -0.490 e. The lowest BCUT2D eigenvalue weighted by molar-refractivity contribution is -0.384. The van der Waals surface area contributed by atoms with Crippen molar-refractivity contribution in [2.45, 2.75) is 26.6 Å². The Balaban J connectivity index is 1.56. The first-order valence-corrected chi connectivity index (χ1v) is 11.1. The van der Waals surface area contributed by atoms with Gasteiger partial charge in [0.25, 0.3) is 11.6 Å². The van der Waals surface area contributed by atoms with E-state index in [4.69, 9.17) is 25.8 Å². The molecule has 0 aliphatic carbocycles. The Hall–Kier alpha value is -4.11. The Morgan fingerprint density at radius 2 is 1.80 bits per heavy atom. The zero-order valence-corrected chi connectivity index (χ0v) is 19.9. The Labute approximate surface area is 207 Å². The molecule has 9 nitrogen and oxygen atoms in total. The molecule has 0 bridgehead atoms. The lowest BCUT2D eigenvalue weighted by Crippen LogP contribution is -2.33. The van der Waals surface area contributed by atoms with Crippen molar-refractivity contribution in [3.8, 4) is 17.2 Å². The summed E-state index contributed by atoms with van der Waals surface area (Å²) in [6.45, 7) is 4.22. The van der Waals surface area contributed by atoms with Gasteiger partial charge in [0.2, 0.25) is 0 Å². The van der Waals surface area contributed by atoms with Crippen LogP contribution in [0.25, 0.3) is 0 Å². The maximum absolute atomic E-state index is 12.3. The summed E-state index contributed by atoms with van der Waals surface area (Å²) < 4.78 is 17.1. The van der Waals surface area contributed by atoms with Crippen LogP contribution >= 0.6 is 11.6 Å². The van der Waals surface area contributed by atoms with E-state index in [-0.39, 0.29) is 5.69 Å². The first-order valence-electron chi connectivity index (χ1n) is 10.7. The highest BCUT2D eigenvalue weighted by Gasteiger charge is 2.15. The van der Waals surface area contributed by atoms with E-state index in [0.29, 0.717) is 41.0 Å². The summed E-state index contributed by atoms with van der Waals surface area (Å²) in [5, 5.41) is 15.4. The minimum absolute atomic E-state index is 0.0631. The Morgan fingerprint density at radius 3 is 2.46 bits per heavy atom. The molecular formula is C25H24ClN3O6. The van der Waals surface area contributed by atoms with Gasteiger partial charge in [-0.1, -0.05) is 23.7 Å². The number of amides is 1. The van der Waals surface area contributed by atoms with Gasteiger partial charge in [-0.3, -0.25) is 14.9 Å². The molecule has 182 valence electrons. The van der Waals surface area contributed by atoms with Crippen molar-refractivity contribution in [2.75, 3.05) is 6.61 Å². The molecule has 0 radical (unpaired) electrons. The van der Waals surface area contributed by atoms with Gasteiger partial charge in [0.15, 0.2) is 17.6 Å². The van der Waals surface area contributed by atoms with Crippen molar-refractivity contribution in [1.29, 1.82) is 0 Å². The highest BCUT2D eigenvalue weighted by Crippen LogP contribution is 2.29. The second-order valence-corrected chi connectivity index (χ2v) is 7.74. The van der Waals surface area contributed by atoms with Gasteiger partial charge in [0, 0.05) is 17.2 Å². The maximum atomic E-state index is 12.3. The molecule has 3 aromatic carbocycles. The number of carbonyl (C=O) groups is 1. The number of nitro groups is 1. The zero-order valence-electron chi connectivity index (χ0n) is 19.1. The lowest BCUT2D eigenvalue weighted by atomic mass is 10.2. The summed E-state index contributed by atoms with van der Waals surface area (Å²) in [5.74, 6) is 0.977. The normalized spacial score (nSPS) is 11.6. The molecule has 0 spiro atoms. The van der Waals surface area contributed by atoms with Crippen LogP contribution in [0.1, 0.15) is 25.0 Å². The number of halogens is 1. The summed E-state index contributed by atoms with van der Waals surface area (Å²) in [6.07, 6.45) is 0.610. The molecule has 1 amide bonds. The summed E-state index contributed by atoms with van der Waals surface area (Å²) in [5.41, 5.74) is 4.01. The zero-order chi connectivity index (χ0) is 25.2. The fraction of sp³-hybridized carbons (Fsp3) is 0.200. The average Bonchev–Trinajstić information content (AvgIpc) is 2.85. The summed E-state index contributed by atoms with van der Waals surface area (Å²) in [7, 11) is 0. The molecule has 3 aromatic rings. The third-order valence-corrected chi connectivity index (χ3v) is 4.95. The third-order valence-electron chi connectivity index (χ3n) is 4.69. The van der Waals surface area contributed by atoms with Crippen molar-refractivity contribution >= 4 is 29.4 Å². The largest absolute Gasteiger partial charge is 0.490 e. The van der Waals surface area contributed by atoms with Crippen LogP contribution in [-0.4, -0.2) is 29.8 Å². The number of benzene rings is 3. The summed E-state index contributed by atoms with van der Waals surface area (Å²) in [6, 6.07) is 18.1. The summed E-state index contributed by atoms with van der Waals surface area (Å²) in [4.78, 5) is 22.5. The highest BCUT2D eigenvalue weighted by molar-refractivity contribution is 6.30. The Morgan fingerprint density at radius 1 is 1.09 bits per heavy atom. The molecule has 3 rings (SSSR count). The van der Waals surface area contributed by atoms with E-state index in [1.807, 2.05) is 19.1 Å². The second kappa shape index (κ2) is 12.4. The number of hydrogen-bond donors (Lipinski definition) is 1. The summed E-state index contributed by atoms with van der Waals surface area (Å²) >= 11 is 5.92. The van der Waals surface area contributed by atoms with Crippen molar-refractivity contribution < 1.29 is 23.9 Å². The number of rotatable bonds is 11. The van der Waals surface area contributed by atoms with Crippen LogP contribution in [0, 0.1) is 10.1 Å². The van der Waals surface area contributed by atoms with E-state index in [0.717, 1.165) is 5.56 Å². The standard InChI is InChI=1S/C25H24ClN3O6/c1-3-33-24-14-19(6-13-23(24)34-16-18-4-7-20(26)8-5-18)15-27-28-25(30)17(2)35-22-11-9-21(10-12-22)29(31)32/h4-15,17H,3,16H2,1-2H3,(H,28,30)/b27-15-/t17-/m1/s1. The first kappa shape index (κ1) is 25.5. The minimum atomic E-state index is -0.865. The molecule has 0 aromatic heterocycles. The number of hydrogen-bond acceptors (Lipinski definition) is 7. The molecule has 10 heteroatoms. The van der Waals surface area contributed by atoms with E-state index in [1.165, 1.54) is 30.5 Å². The van der Waals surface area contributed by atoms with E-state index < -0.39 is 16.9 Å². The second-order valence-electron chi connectivity index (χ2n) is 7.30. The van der Waals surface area contributed by atoms with E-state index in [1.54, 1.807) is 37.3 Å². The number of non-ortho nitro benzene ring substituents is 1. The van der Waals surface area contributed by atoms with Gasteiger partial charge < -0.3 is 14.2 Å². The first-order chi connectivity index (χ1) is 16.9. The maximum Gasteiger partial charge on any atom is 0.280 e. The molecule has 0 aliphatic rings. The number of nitrogens with zero attached hydrogens (tertiary/aromatic N) is 2. The van der Waals surface area contributed by atoms with Crippen molar-refractivity contribution in [3.05, 3.63) is 93.0 Å². The van der Waals surface area contributed by atoms with Crippen molar-refractivity contribution in [3.63, 3.8) is 0 Å². The average molecular weight is 498 g/mol. The SMILES string of the molecule is CCOc1cc(/C=N\NC(=O)[C@@H](C)Oc2ccc([N+](=O)[O-])cc2)ccc1OCc1ccc(Cl)cc1. The number of nitro benzene ring substituents is 1. The van der Waals surface area contributed by atoms with Gasteiger partial charge in [-0.25, -0.2) is 5.43 Å². The van der Waals surface area contributed by atoms with Crippen LogP contribution in [0.5, 0.6) is 17.2 Å². The van der Waals surface area contributed by atoms with Crippen LogP contribution in [0.3, 0.4) is 0 Å². The van der Waals surface area contributed by atoms with E-state index >= 15 is 0 Å². The topological polar surface area (TPSA) is 112 Å². The molecule has 0 saturated heterocycles. The molecule has 0 saturated carbocycles. The highest BCUT2D eigenvalue weighted by atomic mass is 35.5. The van der Waals surface area contributed by atoms with Gasteiger partial charge in [0.1, 0.15) is 12.4 Å². The lowest BCUT2D eigenvalue weighted by Gasteiger charge is -2.13. The molecule has 0 unspecified atom stereocenters. The van der Waals surface area contributed by atoms with Crippen molar-refractivity contribution in [1.82, 2.24) is 5.43 Å². The predicted molar refractivity (Wildman–Crippen MR) is 132 cm³/mol. The Bertz CT molecular complexity index is 1180. The quantitative estimate of drug-likeness (QED) is 0.223. The van der Waals surface area contributed by atoms with Gasteiger partial charge in [-0.15, -0.1) is 0 Å². The van der Waals surface area contributed by atoms with Crippen LogP contribution in [0.15, 0.2) is 71.8 Å². The van der Waals surface area contributed by atoms with Crippen LogP contribution in [-0.2, 0) is 11.4 Å². The van der Waals surface area contributed by atoms with Crippen molar-refractivity contribution in [2.24, 2.45) is 5.10 Å². The van der Waals surface area contributed by atoms with Crippen LogP contribution < -0.4 is 19.6 Å². The number of ether oxygens (including phenoxy) is 3. The van der Waals surface area contributed by atoms with Gasteiger partial charge in [-0.2, -0.15) is 5.10 Å².